The first-order valence-corrected chi connectivity index (χ1v) is 23.4. The average molecular weight is 862 g/mol. The Labute approximate surface area is 390 Å². The van der Waals surface area contributed by atoms with Crippen LogP contribution in [-0.2, 0) is 5.41 Å². The summed E-state index contributed by atoms with van der Waals surface area (Å²) in [5.41, 5.74) is 19.3. The number of aromatic nitrogens is 1. The van der Waals surface area contributed by atoms with E-state index in [9.17, 15) is 0 Å². The Morgan fingerprint density at radius 1 is 0.433 bits per heavy atom. The van der Waals surface area contributed by atoms with Gasteiger partial charge in [-0.3, -0.25) is 0 Å². The topological polar surface area (TPSA) is 24.6 Å². The average Bonchev–Trinajstić information content (AvgIpc) is 4.00. The van der Waals surface area contributed by atoms with Crippen molar-refractivity contribution in [2.45, 2.75) is 32.1 Å². The van der Waals surface area contributed by atoms with Crippen LogP contribution in [0.25, 0.3) is 71.7 Å². The van der Waals surface area contributed by atoms with Gasteiger partial charge in [0.05, 0.1) is 11.0 Å². The molecular weight excluding hydrogens is 815 g/mol. The van der Waals surface area contributed by atoms with E-state index in [0.717, 1.165) is 80.0 Å². The van der Waals surface area contributed by atoms with Crippen molar-refractivity contribution in [3.8, 4) is 27.9 Å². The summed E-state index contributed by atoms with van der Waals surface area (Å²) in [4.78, 5) is 4.89. The molecule has 0 spiro atoms. The van der Waals surface area contributed by atoms with Crippen molar-refractivity contribution >= 4 is 72.2 Å². The van der Waals surface area contributed by atoms with E-state index in [4.69, 9.17) is 4.42 Å². The van der Waals surface area contributed by atoms with Crippen molar-refractivity contribution in [1.29, 1.82) is 0 Å². The lowest BCUT2D eigenvalue weighted by Crippen LogP contribution is -2.19. The molecule has 13 rings (SSSR count). The number of para-hydroxylation sites is 4. The smallest absolute Gasteiger partial charge is 0.135 e. The van der Waals surface area contributed by atoms with Crippen molar-refractivity contribution in [2.24, 2.45) is 0 Å². The van der Waals surface area contributed by atoms with Crippen LogP contribution >= 0.6 is 0 Å². The molecule has 0 atom stereocenters. The molecule has 0 amide bonds. The van der Waals surface area contributed by atoms with E-state index in [1.165, 1.54) is 49.8 Å². The van der Waals surface area contributed by atoms with Crippen LogP contribution in [0.5, 0.6) is 0 Å². The molecule has 0 unspecified atom stereocenters. The first kappa shape index (κ1) is 39.1. The Morgan fingerprint density at radius 3 is 1.94 bits per heavy atom. The Bertz CT molecular complexity index is 3790. The van der Waals surface area contributed by atoms with E-state index < -0.39 is 0 Å². The van der Waals surface area contributed by atoms with E-state index in [1.54, 1.807) is 0 Å². The van der Waals surface area contributed by atoms with Gasteiger partial charge in [-0.15, -0.1) is 0 Å². The minimum atomic E-state index is -0.147. The van der Waals surface area contributed by atoms with Crippen molar-refractivity contribution < 1.29 is 4.42 Å². The molecule has 0 aliphatic heterocycles. The van der Waals surface area contributed by atoms with Gasteiger partial charge in [0.15, 0.2) is 0 Å². The second kappa shape index (κ2) is 15.4. The normalized spacial score (nSPS) is 13.9. The van der Waals surface area contributed by atoms with Crippen LogP contribution in [0.1, 0.15) is 37.8 Å². The predicted molar refractivity (Wildman–Crippen MR) is 281 cm³/mol. The van der Waals surface area contributed by atoms with Gasteiger partial charge in [-0.05, 0) is 149 Å². The van der Waals surface area contributed by atoms with Crippen LogP contribution in [0, 0.1) is 0 Å². The second-order valence-electron chi connectivity index (χ2n) is 18.5. The van der Waals surface area contributed by atoms with E-state index in [1.807, 2.05) is 6.07 Å². The third kappa shape index (κ3) is 6.35. The quantitative estimate of drug-likeness (QED) is 0.152. The number of hydrogen-bond donors (Lipinski definition) is 0. The Morgan fingerprint density at radius 2 is 1.10 bits per heavy atom. The summed E-state index contributed by atoms with van der Waals surface area (Å²) in [6.07, 6.45) is 9.03. The van der Waals surface area contributed by atoms with Crippen molar-refractivity contribution in [2.75, 3.05) is 9.80 Å². The maximum absolute atomic E-state index is 6.37. The molecule has 4 heteroatoms. The summed E-state index contributed by atoms with van der Waals surface area (Å²) in [5.74, 6) is 0. The van der Waals surface area contributed by atoms with Gasteiger partial charge in [0, 0.05) is 66.8 Å². The molecule has 9 aromatic carbocycles. The highest BCUT2D eigenvalue weighted by Gasteiger charge is 2.36. The minimum Gasteiger partial charge on any atom is -0.456 e. The molecule has 2 aliphatic carbocycles. The lowest BCUT2D eigenvalue weighted by molar-refractivity contribution is 0.660. The zero-order chi connectivity index (χ0) is 44.6. The minimum absolute atomic E-state index is 0.147. The summed E-state index contributed by atoms with van der Waals surface area (Å²) >= 11 is 0. The summed E-state index contributed by atoms with van der Waals surface area (Å²) < 4.78 is 8.75. The van der Waals surface area contributed by atoms with Gasteiger partial charge in [0.2, 0.25) is 0 Å². The first-order valence-electron chi connectivity index (χ1n) is 23.4. The highest BCUT2D eigenvalue weighted by Crippen LogP contribution is 2.51. The molecule has 0 fully saturated rings. The zero-order valence-corrected chi connectivity index (χ0v) is 37.5. The van der Waals surface area contributed by atoms with E-state index in [-0.39, 0.29) is 5.41 Å². The van der Waals surface area contributed by atoms with Crippen LogP contribution < -0.4 is 9.80 Å². The van der Waals surface area contributed by atoms with Crippen LogP contribution in [0.3, 0.4) is 0 Å². The van der Waals surface area contributed by atoms with Crippen molar-refractivity contribution in [3.63, 3.8) is 0 Å². The predicted octanol–water partition coefficient (Wildman–Crippen LogP) is 17.5. The van der Waals surface area contributed by atoms with Crippen molar-refractivity contribution in [1.82, 2.24) is 4.57 Å². The Kier molecular flexibility index (Phi) is 8.97. The number of rotatable bonds is 8. The van der Waals surface area contributed by atoms with Gasteiger partial charge in [0.1, 0.15) is 11.2 Å². The summed E-state index contributed by atoms with van der Waals surface area (Å²) in [5, 5.41) is 4.64. The van der Waals surface area contributed by atoms with Gasteiger partial charge < -0.3 is 18.8 Å². The summed E-state index contributed by atoms with van der Waals surface area (Å²) in [6, 6.07) is 75.4. The molecule has 2 aliphatic rings. The van der Waals surface area contributed by atoms with E-state index in [0.29, 0.717) is 0 Å². The highest BCUT2D eigenvalue weighted by atomic mass is 16.3. The fraction of sp³-hybridized carbons (Fsp3) is 0.0794. The van der Waals surface area contributed by atoms with Crippen molar-refractivity contribution in [3.05, 3.63) is 241 Å². The Balaban J connectivity index is 1.07. The van der Waals surface area contributed by atoms with Gasteiger partial charge in [-0.25, -0.2) is 0 Å². The fourth-order valence-corrected chi connectivity index (χ4v) is 10.9. The maximum atomic E-state index is 6.37. The Hall–Kier alpha value is -8.34. The van der Waals surface area contributed by atoms with Gasteiger partial charge in [0.25, 0.3) is 0 Å². The van der Waals surface area contributed by atoms with Gasteiger partial charge in [-0.1, -0.05) is 135 Å². The lowest BCUT2D eigenvalue weighted by Gasteiger charge is -2.32. The highest BCUT2D eigenvalue weighted by molar-refractivity contribution is 6.11. The lowest BCUT2D eigenvalue weighted by atomic mass is 9.82. The van der Waals surface area contributed by atoms with Crippen LogP contribution in [0.15, 0.2) is 235 Å². The molecule has 0 N–H and O–H groups in total. The second-order valence-corrected chi connectivity index (χ2v) is 18.5. The molecule has 67 heavy (non-hydrogen) atoms. The number of allylic oxidation sites excluding steroid dienone is 3. The molecular formula is C63H47N3O. The van der Waals surface area contributed by atoms with Gasteiger partial charge in [-0.2, -0.15) is 0 Å². The molecule has 11 aromatic rings. The SMILES string of the molecule is CC1(C)c2ccccc2-c2ccc(N(C3=CCCC=C3)c3cc(-c4ccc5c(c4)c4ccccc4n5-c4ccccc4)cc(N(c4ccccc4)c4ccc5oc6ccccc6c5c4)c3)cc21. The first-order chi connectivity index (χ1) is 33.0. The summed E-state index contributed by atoms with van der Waals surface area (Å²) in [6.45, 7) is 4.74. The molecule has 0 radical (unpaired) electrons. The van der Waals surface area contributed by atoms with Crippen LogP contribution in [-0.4, -0.2) is 4.57 Å². The van der Waals surface area contributed by atoms with Crippen LogP contribution in [0.2, 0.25) is 0 Å². The number of benzene rings is 9. The molecule has 2 aromatic heterocycles. The van der Waals surface area contributed by atoms with Gasteiger partial charge >= 0.3 is 0 Å². The number of anilines is 5. The molecule has 0 saturated heterocycles. The zero-order valence-electron chi connectivity index (χ0n) is 37.5. The number of hydrogen-bond acceptors (Lipinski definition) is 3. The van der Waals surface area contributed by atoms with E-state index in [2.05, 4.69) is 247 Å². The molecule has 320 valence electrons. The summed E-state index contributed by atoms with van der Waals surface area (Å²) in [7, 11) is 0. The maximum Gasteiger partial charge on any atom is 0.135 e. The fourth-order valence-electron chi connectivity index (χ4n) is 10.9. The number of fused-ring (bicyclic) bond motifs is 9. The molecule has 2 heterocycles. The molecule has 0 bridgehead atoms. The monoisotopic (exact) mass is 861 g/mol. The number of furan rings is 1. The standard InChI is InChI=1S/C63H47N3O/c1-63(2)57-27-15-12-24-51(57)52-33-31-48(41-58(52)63)65(45-20-8-4-9-21-45)50-37-43(42-30-34-60-55(38-42)53-25-13-16-28-59(53)66(60)46-22-10-5-11-23-46)36-49(39-50)64(44-18-6-3-7-19-44)47-32-35-62-56(40-47)54-26-14-17-29-61(54)67-62/h3,5-8,10-41H,4,9H2,1-2H3. The van der Waals surface area contributed by atoms with E-state index >= 15 is 0 Å². The molecule has 4 nitrogen and oxygen atoms in total. The van der Waals surface area contributed by atoms with Crippen LogP contribution in [0.4, 0.5) is 28.4 Å². The molecule has 0 saturated carbocycles. The third-order valence-corrected chi connectivity index (χ3v) is 14.1. The largest absolute Gasteiger partial charge is 0.456 e. The third-order valence-electron chi connectivity index (χ3n) is 14.1. The number of nitrogens with zero attached hydrogens (tertiary/aromatic N) is 3.